The van der Waals surface area contributed by atoms with Crippen LogP contribution in [0.15, 0.2) is 55.0 Å². The third-order valence-corrected chi connectivity index (χ3v) is 13.9. The van der Waals surface area contributed by atoms with E-state index in [2.05, 4.69) is 42.7 Å². The number of nitriles is 1. The molecule has 3 atom stereocenters. The Labute approximate surface area is 346 Å². The lowest BCUT2D eigenvalue weighted by molar-refractivity contribution is -0.134. The molecule has 5 aliphatic rings. The van der Waals surface area contributed by atoms with Crippen molar-refractivity contribution in [1.29, 1.82) is 5.26 Å². The van der Waals surface area contributed by atoms with Crippen molar-refractivity contribution < 1.29 is 19.1 Å². The summed E-state index contributed by atoms with van der Waals surface area (Å²) >= 11 is 1.64. The predicted molar refractivity (Wildman–Crippen MR) is 221 cm³/mol. The minimum absolute atomic E-state index is 0.142. The molecule has 5 fully saturated rings. The van der Waals surface area contributed by atoms with Crippen molar-refractivity contribution in [1.82, 2.24) is 40.0 Å². The highest BCUT2D eigenvalue weighted by Crippen LogP contribution is 2.40. The van der Waals surface area contributed by atoms with Crippen LogP contribution in [0.4, 0.5) is 10.8 Å². The molecule has 304 valence electrons. The molecule has 2 amide bonds. The Kier molecular flexibility index (Phi) is 10.4. The lowest BCUT2D eigenvalue weighted by Gasteiger charge is -2.43. The Balaban J connectivity index is 0.770. The van der Waals surface area contributed by atoms with Crippen molar-refractivity contribution >= 4 is 39.5 Å². The van der Waals surface area contributed by atoms with E-state index >= 15 is 0 Å². The minimum Gasteiger partial charge on any atom is -0.474 e. The number of carbonyl (C=O) groups excluding carboxylic acids is 2. The number of amides is 2. The number of fused-ring (bicyclic) bond motifs is 3. The molecular weight excluding hydrogens is 767 g/mol. The first kappa shape index (κ1) is 37.7. The van der Waals surface area contributed by atoms with Gasteiger partial charge in [0.25, 0.3) is 0 Å². The zero-order valence-electron chi connectivity index (χ0n) is 32.8. The molecule has 10 rings (SSSR count). The molecule has 0 spiro atoms. The van der Waals surface area contributed by atoms with Gasteiger partial charge in [0.15, 0.2) is 5.01 Å². The molecule has 2 unspecified atom stereocenters. The zero-order chi connectivity index (χ0) is 39.9. The second kappa shape index (κ2) is 16.3. The van der Waals surface area contributed by atoms with Crippen LogP contribution in [0.5, 0.6) is 5.88 Å². The van der Waals surface area contributed by atoms with E-state index in [1.807, 2.05) is 41.0 Å². The molecule has 4 saturated heterocycles. The molecule has 5 aromatic heterocycles. The number of carbonyl (C=O) groups is 2. The summed E-state index contributed by atoms with van der Waals surface area (Å²) in [5.41, 5.74) is 5.73. The maximum atomic E-state index is 12.3. The van der Waals surface area contributed by atoms with Gasteiger partial charge in [-0.25, -0.2) is 9.50 Å². The van der Waals surface area contributed by atoms with Crippen molar-refractivity contribution in [2.75, 3.05) is 43.1 Å². The number of imide groups is 1. The van der Waals surface area contributed by atoms with Crippen molar-refractivity contribution in [2.45, 2.75) is 94.4 Å². The number of nitrogens with zero attached hydrogens (tertiary/aromatic N) is 9. The van der Waals surface area contributed by atoms with Crippen molar-refractivity contribution in [3.8, 4) is 33.9 Å². The van der Waals surface area contributed by atoms with Gasteiger partial charge in [-0.15, -0.1) is 10.2 Å². The molecule has 4 aliphatic heterocycles. The fourth-order valence-corrected chi connectivity index (χ4v) is 10.6. The van der Waals surface area contributed by atoms with Gasteiger partial charge in [-0.3, -0.25) is 24.8 Å². The second-order valence-corrected chi connectivity index (χ2v) is 17.6. The number of piperidine rings is 1. The summed E-state index contributed by atoms with van der Waals surface area (Å²) in [6.45, 7) is 4.50. The van der Waals surface area contributed by atoms with E-state index < -0.39 is 0 Å². The number of hydrogen-bond acceptors (Lipinski definition) is 14. The fourth-order valence-electron chi connectivity index (χ4n) is 9.68. The van der Waals surface area contributed by atoms with Crippen LogP contribution in [0, 0.1) is 17.2 Å². The summed E-state index contributed by atoms with van der Waals surface area (Å²) in [5.74, 6) is 0.446. The van der Waals surface area contributed by atoms with Gasteiger partial charge in [0, 0.05) is 81.5 Å². The monoisotopic (exact) mass is 813 g/mol. The van der Waals surface area contributed by atoms with Gasteiger partial charge in [-0.1, -0.05) is 17.4 Å². The Bertz CT molecular complexity index is 2370. The molecular formula is C43H47N11O4S. The number of hydrogen-bond donors (Lipinski definition) is 2. The summed E-state index contributed by atoms with van der Waals surface area (Å²) < 4.78 is 13.8. The fraction of sp³-hybridized carbons (Fsp3) is 0.488. The Morgan fingerprint density at radius 3 is 2.51 bits per heavy atom. The molecule has 0 radical (unpaired) electrons. The van der Waals surface area contributed by atoms with E-state index in [0.717, 1.165) is 115 Å². The second-order valence-electron chi connectivity index (χ2n) is 16.6. The normalized spacial score (nSPS) is 25.2. The maximum absolute atomic E-state index is 12.3. The van der Waals surface area contributed by atoms with E-state index in [-0.39, 0.29) is 29.9 Å². The highest BCUT2D eigenvalue weighted by atomic mass is 32.1. The lowest BCUT2D eigenvalue weighted by atomic mass is 9.86. The number of pyridine rings is 2. The summed E-state index contributed by atoms with van der Waals surface area (Å²) in [4.78, 5) is 38.5. The van der Waals surface area contributed by atoms with Crippen LogP contribution in [-0.2, 0) is 14.3 Å². The Morgan fingerprint density at radius 2 is 1.75 bits per heavy atom. The highest BCUT2D eigenvalue weighted by molar-refractivity contribution is 7.18. The van der Waals surface area contributed by atoms with Crippen LogP contribution in [0.2, 0.25) is 0 Å². The van der Waals surface area contributed by atoms with Crippen molar-refractivity contribution in [3.63, 3.8) is 0 Å². The number of nitrogens with one attached hydrogen (secondary N) is 2. The van der Waals surface area contributed by atoms with Crippen LogP contribution < -0.4 is 20.3 Å². The number of anilines is 2. The van der Waals surface area contributed by atoms with Crippen LogP contribution in [0.25, 0.3) is 27.5 Å². The summed E-state index contributed by atoms with van der Waals surface area (Å²) in [6, 6.07) is 15.1. The first-order valence-electron chi connectivity index (χ1n) is 21.0. The summed E-state index contributed by atoms with van der Waals surface area (Å²) in [7, 11) is 0. The van der Waals surface area contributed by atoms with Crippen LogP contribution in [0.1, 0.15) is 81.3 Å². The largest absolute Gasteiger partial charge is 0.474 e. The molecule has 2 bridgehead atoms. The Morgan fingerprint density at radius 1 is 0.915 bits per heavy atom. The molecule has 15 nitrogen and oxygen atoms in total. The molecule has 59 heavy (non-hydrogen) atoms. The molecule has 5 aromatic rings. The average Bonchev–Trinajstić information content (AvgIpc) is 3.98. The van der Waals surface area contributed by atoms with Gasteiger partial charge >= 0.3 is 0 Å². The highest BCUT2D eigenvalue weighted by Gasteiger charge is 2.42. The number of rotatable bonds is 10. The van der Waals surface area contributed by atoms with Crippen molar-refractivity contribution in [3.05, 3.63) is 66.1 Å². The summed E-state index contributed by atoms with van der Waals surface area (Å²) in [6.07, 6.45) is 14.8. The number of aromatic nitrogens is 6. The lowest BCUT2D eigenvalue weighted by Crippen LogP contribution is -2.55. The molecule has 2 N–H and O–H groups in total. The smallest absolute Gasteiger partial charge is 0.234 e. The van der Waals surface area contributed by atoms with E-state index in [9.17, 15) is 14.9 Å². The topological polar surface area (TPSA) is 176 Å². The van der Waals surface area contributed by atoms with Crippen LogP contribution in [-0.4, -0.2) is 104 Å². The molecule has 0 aromatic carbocycles. The third kappa shape index (κ3) is 7.86. The van der Waals surface area contributed by atoms with Gasteiger partial charge < -0.3 is 19.7 Å². The van der Waals surface area contributed by atoms with Crippen molar-refractivity contribution in [2.24, 2.45) is 5.92 Å². The third-order valence-electron chi connectivity index (χ3n) is 12.9. The number of piperazine rings is 1. The SMILES string of the molecule is N#Cc1cnn2c(-c3cc(NC4CCOCC4)c(-c4nnc(N5CC6CCC(C5)N6CC5CCC(Oc6ccc([C@H]7CCC(=O)NC7=O)cn6)CC5)s4)cn3)ccc2c1. The average molecular weight is 814 g/mol. The quantitative estimate of drug-likeness (QED) is 0.167. The minimum atomic E-state index is -0.338. The van der Waals surface area contributed by atoms with E-state index in [1.165, 1.54) is 12.8 Å². The van der Waals surface area contributed by atoms with E-state index in [1.54, 1.807) is 23.7 Å². The van der Waals surface area contributed by atoms with Gasteiger partial charge in [0.2, 0.25) is 22.8 Å². The van der Waals surface area contributed by atoms with Gasteiger partial charge in [-0.05, 0) is 93.5 Å². The van der Waals surface area contributed by atoms with Gasteiger partial charge in [0.05, 0.1) is 40.1 Å². The Hall–Kier alpha value is -5.50. The van der Waals surface area contributed by atoms with E-state index in [0.29, 0.717) is 42.3 Å². The van der Waals surface area contributed by atoms with Gasteiger partial charge in [-0.2, -0.15) is 10.4 Å². The first-order valence-corrected chi connectivity index (χ1v) is 21.8. The predicted octanol–water partition coefficient (Wildman–Crippen LogP) is 5.58. The van der Waals surface area contributed by atoms with Gasteiger partial charge in [0.1, 0.15) is 12.2 Å². The zero-order valence-corrected chi connectivity index (χ0v) is 33.6. The molecule has 1 saturated carbocycles. The summed E-state index contributed by atoms with van der Waals surface area (Å²) in [5, 5.41) is 31.4. The molecule has 1 aliphatic carbocycles. The molecule has 16 heteroatoms. The van der Waals surface area contributed by atoms with E-state index in [4.69, 9.17) is 24.7 Å². The molecule has 9 heterocycles. The maximum Gasteiger partial charge on any atom is 0.234 e. The first-order chi connectivity index (χ1) is 28.9. The van der Waals surface area contributed by atoms with Crippen LogP contribution >= 0.6 is 11.3 Å². The standard InChI is InChI=1S/C43H47N11O4S/c44-19-27-17-30-6-10-38(54(30)47-20-27)37-18-36(48-29-13-15-57-16-14-29)35(22-45-37)42-50-51-43(59-42)52-24-31-4-5-32(25-52)53(31)23-26-1-7-33(8-2-26)58-40-12-3-28(21-46-40)34-9-11-39(55)49-41(34)56/h3,6,10,12,17-18,20-22,26,29,31-34H,1-2,4-5,7-9,11,13-16,23-25H2,(H,45,48)(H,49,55,56)/t26?,31?,32?,33?,34-/m1/s1. The number of ether oxygens (including phenoxy) is 2. The van der Waals surface area contributed by atoms with Crippen LogP contribution in [0.3, 0.4) is 0 Å².